The number of hydrogen-bond acceptors (Lipinski definition) is 4. The topological polar surface area (TPSA) is 41.6 Å². The lowest BCUT2D eigenvalue weighted by Gasteiger charge is -1.96. The second-order valence-corrected chi connectivity index (χ2v) is 6.40. The molecule has 5 heteroatoms. The first-order chi connectivity index (χ1) is 9.42. The summed E-state index contributed by atoms with van der Waals surface area (Å²) in [6, 6.07) is 10.4. The van der Waals surface area contributed by atoms with Crippen LogP contribution in [0.2, 0.25) is 0 Å². The number of thiazole rings is 1. The van der Waals surface area contributed by atoms with Crippen LogP contribution in [0, 0.1) is 0 Å². The second-order valence-electron chi connectivity index (χ2n) is 4.03. The predicted octanol–water partition coefficient (Wildman–Crippen LogP) is 3.87. The summed E-state index contributed by atoms with van der Waals surface area (Å²) < 4.78 is 1.12. The van der Waals surface area contributed by atoms with Gasteiger partial charge in [-0.25, -0.2) is 9.97 Å². The molecular weight excluding hydrogens is 274 g/mol. The molecule has 3 rings (SSSR count). The average Bonchev–Trinajstić information content (AvgIpc) is 3.11. The number of imidazole rings is 1. The van der Waals surface area contributed by atoms with E-state index in [-0.39, 0.29) is 0 Å². The smallest absolute Gasteiger partial charge is 0.150 e. The first-order valence-corrected chi connectivity index (χ1v) is 7.83. The predicted molar refractivity (Wildman–Crippen MR) is 80.6 cm³/mol. The van der Waals surface area contributed by atoms with Gasteiger partial charge < -0.3 is 4.98 Å². The zero-order valence-corrected chi connectivity index (χ0v) is 11.9. The van der Waals surface area contributed by atoms with E-state index in [9.17, 15) is 0 Å². The number of H-pyrrole nitrogens is 1. The average molecular weight is 287 g/mol. The van der Waals surface area contributed by atoms with Crippen molar-refractivity contribution in [2.45, 2.75) is 10.8 Å². The summed E-state index contributed by atoms with van der Waals surface area (Å²) in [5.41, 5.74) is 2.41. The molecule has 96 valence electrons. The Balaban J connectivity index is 1.59. The summed E-state index contributed by atoms with van der Waals surface area (Å²) in [5, 5.41) is 0. The van der Waals surface area contributed by atoms with Crippen molar-refractivity contribution < 1.29 is 0 Å². The summed E-state index contributed by atoms with van der Waals surface area (Å²) in [7, 11) is 0. The van der Waals surface area contributed by atoms with Gasteiger partial charge in [0.2, 0.25) is 0 Å². The van der Waals surface area contributed by atoms with E-state index in [0.29, 0.717) is 0 Å². The molecule has 1 N–H and O–H groups in total. The van der Waals surface area contributed by atoms with E-state index >= 15 is 0 Å². The van der Waals surface area contributed by atoms with Crippen molar-refractivity contribution in [3.63, 3.8) is 0 Å². The molecule has 0 aliphatic heterocycles. The molecule has 2 aromatic heterocycles. The molecule has 0 amide bonds. The van der Waals surface area contributed by atoms with E-state index in [1.165, 1.54) is 16.1 Å². The van der Waals surface area contributed by atoms with Gasteiger partial charge in [0.15, 0.2) is 0 Å². The van der Waals surface area contributed by atoms with Crippen LogP contribution in [0.5, 0.6) is 0 Å². The van der Waals surface area contributed by atoms with Crippen molar-refractivity contribution in [1.29, 1.82) is 0 Å². The number of aromatic nitrogens is 3. The maximum Gasteiger partial charge on any atom is 0.150 e. The summed E-state index contributed by atoms with van der Waals surface area (Å²) in [4.78, 5) is 12.8. The lowest BCUT2D eigenvalue weighted by atomic mass is 10.2. The van der Waals surface area contributed by atoms with Crippen molar-refractivity contribution in [1.82, 2.24) is 15.0 Å². The number of benzene rings is 1. The number of aryl methyl sites for hydroxylation is 1. The maximum absolute atomic E-state index is 4.47. The van der Waals surface area contributed by atoms with E-state index in [0.717, 1.165) is 16.5 Å². The van der Waals surface area contributed by atoms with Crippen LogP contribution >= 0.6 is 23.1 Å². The number of aromatic amines is 1. The Kier molecular flexibility index (Phi) is 3.95. The molecular formula is C14H13N3S2. The number of thioether (sulfide) groups is 1. The first kappa shape index (κ1) is 12.4. The minimum atomic E-state index is 0.991. The zero-order valence-electron chi connectivity index (χ0n) is 10.2. The monoisotopic (exact) mass is 287 g/mol. The largest absolute Gasteiger partial charge is 0.348 e. The molecule has 0 atom stereocenters. The van der Waals surface area contributed by atoms with Crippen molar-refractivity contribution in [2.75, 3.05) is 5.75 Å². The molecule has 3 aromatic rings. The second kappa shape index (κ2) is 6.04. The van der Waals surface area contributed by atoms with Crippen LogP contribution in [0.25, 0.3) is 10.4 Å². The van der Waals surface area contributed by atoms with Gasteiger partial charge in [-0.15, -0.1) is 11.3 Å². The molecule has 19 heavy (non-hydrogen) atoms. The van der Waals surface area contributed by atoms with E-state index in [1.54, 1.807) is 29.4 Å². The lowest BCUT2D eigenvalue weighted by Crippen LogP contribution is -1.87. The number of hydrogen-bond donors (Lipinski definition) is 1. The Labute approximate surface area is 120 Å². The Bertz CT molecular complexity index is 617. The molecule has 2 heterocycles. The Morgan fingerprint density at radius 3 is 2.84 bits per heavy atom. The van der Waals surface area contributed by atoms with Gasteiger partial charge in [0.1, 0.15) is 4.34 Å². The summed E-state index contributed by atoms with van der Waals surface area (Å²) in [5.74, 6) is 1.02. The molecule has 3 nitrogen and oxygen atoms in total. The van der Waals surface area contributed by atoms with Gasteiger partial charge in [-0.05, 0) is 12.0 Å². The summed E-state index contributed by atoms with van der Waals surface area (Å²) >= 11 is 3.54. The van der Waals surface area contributed by atoms with Crippen LogP contribution in [-0.2, 0) is 6.42 Å². The normalized spacial score (nSPS) is 10.7. The highest BCUT2D eigenvalue weighted by Gasteiger charge is 2.04. The van der Waals surface area contributed by atoms with Crippen molar-refractivity contribution in [3.05, 3.63) is 54.7 Å². The van der Waals surface area contributed by atoms with Crippen LogP contribution in [-0.4, -0.2) is 20.7 Å². The summed E-state index contributed by atoms with van der Waals surface area (Å²) in [6.45, 7) is 0. The third-order valence-electron chi connectivity index (χ3n) is 2.69. The molecule has 0 radical (unpaired) electrons. The molecule has 0 saturated heterocycles. The van der Waals surface area contributed by atoms with Gasteiger partial charge in [-0.1, -0.05) is 42.1 Å². The van der Waals surface area contributed by atoms with Gasteiger partial charge >= 0.3 is 0 Å². The molecule has 0 aliphatic rings. The van der Waals surface area contributed by atoms with Crippen LogP contribution < -0.4 is 0 Å². The highest BCUT2D eigenvalue weighted by Crippen LogP contribution is 2.31. The molecule has 0 fully saturated rings. The fourth-order valence-corrected chi connectivity index (χ4v) is 3.76. The van der Waals surface area contributed by atoms with E-state index in [1.807, 2.05) is 18.5 Å². The highest BCUT2D eigenvalue weighted by atomic mass is 32.2. The SMILES string of the molecule is c1ccc(-c2cnc(SCCc3cnc[nH]3)s2)cc1. The molecule has 0 aliphatic carbocycles. The van der Waals surface area contributed by atoms with Crippen molar-refractivity contribution in [3.8, 4) is 10.4 Å². The molecule has 1 aromatic carbocycles. The van der Waals surface area contributed by atoms with E-state index in [2.05, 4.69) is 39.2 Å². The first-order valence-electron chi connectivity index (χ1n) is 6.03. The summed E-state index contributed by atoms with van der Waals surface area (Å²) in [6.07, 6.45) is 6.54. The lowest BCUT2D eigenvalue weighted by molar-refractivity contribution is 1.07. The minimum Gasteiger partial charge on any atom is -0.348 e. The van der Waals surface area contributed by atoms with Crippen LogP contribution in [0.4, 0.5) is 0 Å². The van der Waals surface area contributed by atoms with Crippen LogP contribution in [0.3, 0.4) is 0 Å². The Morgan fingerprint density at radius 1 is 1.16 bits per heavy atom. The Morgan fingerprint density at radius 2 is 2.05 bits per heavy atom. The third kappa shape index (κ3) is 3.24. The fraction of sp³-hybridized carbons (Fsp3) is 0.143. The van der Waals surface area contributed by atoms with Crippen LogP contribution in [0.15, 0.2) is 53.4 Å². The molecule has 0 saturated carbocycles. The van der Waals surface area contributed by atoms with Crippen molar-refractivity contribution >= 4 is 23.1 Å². The molecule has 0 bridgehead atoms. The van der Waals surface area contributed by atoms with Gasteiger partial charge in [0.05, 0.1) is 11.2 Å². The van der Waals surface area contributed by atoms with Gasteiger partial charge in [0, 0.05) is 23.8 Å². The molecule has 0 unspecified atom stereocenters. The highest BCUT2D eigenvalue weighted by molar-refractivity contribution is 8.01. The van der Waals surface area contributed by atoms with E-state index in [4.69, 9.17) is 0 Å². The van der Waals surface area contributed by atoms with Crippen LogP contribution in [0.1, 0.15) is 5.69 Å². The maximum atomic E-state index is 4.47. The molecule has 0 spiro atoms. The fourth-order valence-electron chi connectivity index (χ4n) is 1.73. The zero-order chi connectivity index (χ0) is 12.9. The minimum absolute atomic E-state index is 0.991. The third-order valence-corrected chi connectivity index (χ3v) is 4.90. The van der Waals surface area contributed by atoms with E-state index < -0.39 is 0 Å². The quantitative estimate of drug-likeness (QED) is 0.724. The standard InChI is InChI=1S/C14H13N3S2/c1-2-4-11(5-3-1)13-9-16-14(19-13)18-7-6-12-8-15-10-17-12/h1-5,8-10H,6-7H2,(H,15,17). The van der Waals surface area contributed by atoms with Gasteiger partial charge in [-0.3, -0.25) is 0 Å². The Hall–Kier alpha value is -1.59. The number of rotatable bonds is 5. The van der Waals surface area contributed by atoms with Gasteiger partial charge in [0.25, 0.3) is 0 Å². The number of nitrogens with zero attached hydrogens (tertiary/aromatic N) is 2. The van der Waals surface area contributed by atoms with Crippen molar-refractivity contribution in [2.24, 2.45) is 0 Å². The van der Waals surface area contributed by atoms with Gasteiger partial charge in [-0.2, -0.15) is 0 Å². The number of nitrogens with one attached hydrogen (secondary N) is 1.